The Morgan fingerprint density at radius 1 is 1.07 bits per heavy atom. The number of nitrogens with zero attached hydrogens (tertiary/aromatic N) is 6. The number of aromatic nitrogens is 3. The van der Waals surface area contributed by atoms with Crippen LogP contribution in [0.1, 0.15) is 44.6 Å². The number of nitrogens with one attached hydrogen (secondary N) is 1. The van der Waals surface area contributed by atoms with Gasteiger partial charge in [-0.25, -0.2) is 9.40 Å². The normalized spacial score (nSPS) is 14.3. The topological polar surface area (TPSA) is 136 Å². The van der Waals surface area contributed by atoms with Crippen LogP contribution in [-0.2, 0) is 11.3 Å². The molecule has 3 heterocycles. The van der Waals surface area contributed by atoms with Gasteiger partial charge in [0.15, 0.2) is 11.0 Å². The van der Waals surface area contributed by atoms with Crippen molar-refractivity contribution in [1.29, 1.82) is 0 Å². The van der Waals surface area contributed by atoms with Crippen LogP contribution in [0.15, 0.2) is 101 Å². The average Bonchev–Trinajstić information content (AvgIpc) is 3.83. The predicted molar refractivity (Wildman–Crippen MR) is 173 cm³/mol. The number of hydrogen-bond acceptors (Lipinski definition) is 9. The summed E-state index contributed by atoms with van der Waals surface area (Å²) in [5.74, 6) is -0.613. The number of thiophene rings is 1. The van der Waals surface area contributed by atoms with Crippen LogP contribution in [0.25, 0.3) is 5.69 Å². The number of nitro benzene ring substituents is 1. The Morgan fingerprint density at radius 3 is 2.54 bits per heavy atom. The smallest absolute Gasteiger partial charge is 0.269 e. The highest BCUT2D eigenvalue weighted by atomic mass is 32.2. The molecule has 0 spiro atoms. The van der Waals surface area contributed by atoms with Crippen molar-refractivity contribution in [2.75, 3.05) is 5.75 Å². The van der Waals surface area contributed by atoms with Gasteiger partial charge < -0.3 is 5.32 Å². The number of halogens is 1. The fourth-order valence-corrected chi connectivity index (χ4v) is 6.54. The zero-order valence-electron chi connectivity index (χ0n) is 24.4. The highest BCUT2D eigenvalue weighted by Gasteiger charge is 2.33. The van der Waals surface area contributed by atoms with Gasteiger partial charge in [-0.1, -0.05) is 42.1 Å². The summed E-state index contributed by atoms with van der Waals surface area (Å²) in [4.78, 5) is 37.9. The molecular weight excluding hydrogens is 630 g/mol. The van der Waals surface area contributed by atoms with E-state index in [0.717, 1.165) is 27.4 Å². The lowest BCUT2D eigenvalue weighted by molar-refractivity contribution is -0.384. The minimum atomic E-state index is -0.530. The first kappa shape index (κ1) is 30.8. The molecule has 0 bridgehead atoms. The minimum absolute atomic E-state index is 0.00197. The largest absolute Gasteiger partial charge is 0.345 e. The van der Waals surface area contributed by atoms with Crippen LogP contribution in [0.5, 0.6) is 0 Å². The van der Waals surface area contributed by atoms with Gasteiger partial charge in [-0.3, -0.25) is 24.3 Å². The molecule has 1 N–H and O–H groups in total. The van der Waals surface area contributed by atoms with Crippen molar-refractivity contribution < 1.29 is 18.9 Å². The number of hydrogen-bond donors (Lipinski definition) is 1. The van der Waals surface area contributed by atoms with Crippen LogP contribution in [0.4, 0.5) is 10.1 Å². The Labute approximate surface area is 270 Å². The van der Waals surface area contributed by atoms with Crippen LogP contribution in [0.3, 0.4) is 0 Å². The van der Waals surface area contributed by atoms with E-state index in [-0.39, 0.29) is 41.3 Å². The first-order chi connectivity index (χ1) is 22.3. The molecule has 0 radical (unpaired) electrons. The molecule has 1 atom stereocenters. The fraction of sp³-hybridized carbons (Fsp3) is 0.156. The third kappa shape index (κ3) is 6.72. The molecule has 2 amide bonds. The Balaban J connectivity index is 1.22. The van der Waals surface area contributed by atoms with Gasteiger partial charge in [-0.2, -0.15) is 5.10 Å². The molecule has 1 aliphatic heterocycles. The molecular formula is C32H26FN7O4S2. The van der Waals surface area contributed by atoms with E-state index >= 15 is 0 Å². The van der Waals surface area contributed by atoms with Gasteiger partial charge in [0.2, 0.25) is 0 Å². The summed E-state index contributed by atoms with van der Waals surface area (Å²) in [6, 6.07) is 22.6. The van der Waals surface area contributed by atoms with Gasteiger partial charge in [-0.05, 0) is 65.9 Å². The van der Waals surface area contributed by atoms with Crippen LogP contribution in [-0.4, -0.2) is 48.0 Å². The molecule has 2 aromatic heterocycles. The van der Waals surface area contributed by atoms with Gasteiger partial charge in [0.1, 0.15) is 5.82 Å². The molecule has 0 aliphatic carbocycles. The maximum atomic E-state index is 13.7. The molecule has 232 valence electrons. The second-order valence-corrected chi connectivity index (χ2v) is 12.3. The van der Waals surface area contributed by atoms with E-state index in [1.54, 1.807) is 28.0 Å². The fourth-order valence-electron chi connectivity index (χ4n) is 5.00. The SMILES string of the molecule is Cc1cccc(-n2c(CNC(=O)c3ccc([N+](=O)[O-])cc3)nnc2SCC(=O)N2N=C(c3cccs3)CC2c2ccc(F)cc2)c1. The van der Waals surface area contributed by atoms with Gasteiger partial charge in [-0.15, -0.1) is 21.5 Å². The van der Waals surface area contributed by atoms with Gasteiger partial charge >= 0.3 is 0 Å². The van der Waals surface area contributed by atoms with Crippen molar-refractivity contribution in [3.63, 3.8) is 0 Å². The lowest BCUT2D eigenvalue weighted by atomic mass is 10.0. The quantitative estimate of drug-likeness (QED) is 0.109. The van der Waals surface area contributed by atoms with Crippen molar-refractivity contribution in [2.24, 2.45) is 5.10 Å². The second kappa shape index (κ2) is 13.4. The van der Waals surface area contributed by atoms with Crippen LogP contribution in [0, 0.1) is 22.9 Å². The number of hydrazone groups is 1. The van der Waals surface area contributed by atoms with Crippen LogP contribution in [0.2, 0.25) is 0 Å². The molecule has 1 aliphatic rings. The maximum Gasteiger partial charge on any atom is 0.269 e. The predicted octanol–water partition coefficient (Wildman–Crippen LogP) is 6.08. The Kier molecular flexibility index (Phi) is 8.99. The molecule has 14 heteroatoms. The first-order valence-electron chi connectivity index (χ1n) is 14.1. The molecule has 5 aromatic rings. The summed E-state index contributed by atoms with van der Waals surface area (Å²) < 4.78 is 15.5. The van der Waals surface area contributed by atoms with Crippen molar-refractivity contribution in [3.8, 4) is 5.69 Å². The van der Waals surface area contributed by atoms with E-state index in [9.17, 15) is 24.1 Å². The number of carbonyl (C=O) groups is 2. The molecule has 0 saturated heterocycles. The maximum absolute atomic E-state index is 13.7. The number of benzene rings is 3. The second-order valence-electron chi connectivity index (χ2n) is 10.4. The monoisotopic (exact) mass is 655 g/mol. The Morgan fingerprint density at radius 2 is 1.85 bits per heavy atom. The van der Waals surface area contributed by atoms with E-state index in [4.69, 9.17) is 0 Å². The minimum Gasteiger partial charge on any atom is -0.345 e. The number of thioether (sulfide) groups is 1. The van der Waals surface area contributed by atoms with Crippen molar-refractivity contribution in [3.05, 3.63) is 134 Å². The van der Waals surface area contributed by atoms with Crippen molar-refractivity contribution in [1.82, 2.24) is 25.1 Å². The van der Waals surface area contributed by atoms with Gasteiger partial charge in [0.05, 0.1) is 33.9 Å². The zero-order chi connectivity index (χ0) is 32.2. The zero-order valence-corrected chi connectivity index (χ0v) is 26.0. The number of carbonyl (C=O) groups excluding carboxylic acids is 2. The number of aryl methyl sites for hydroxylation is 1. The molecule has 1 unspecified atom stereocenters. The summed E-state index contributed by atoms with van der Waals surface area (Å²) in [7, 11) is 0. The number of rotatable bonds is 10. The third-order valence-electron chi connectivity index (χ3n) is 7.26. The van der Waals surface area contributed by atoms with Crippen LogP contribution >= 0.6 is 23.1 Å². The summed E-state index contributed by atoms with van der Waals surface area (Å²) in [5, 5.41) is 31.0. The lowest BCUT2D eigenvalue weighted by Crippen LogP contribution is -2.28. The lowest BCUT2D eigenvalue weighted by Gasteiger charge is -2.22. The van der Waals surface area contributed by atoms with Crippen molar-refractivity contribution >= 4 is 46.3 Å². The summed E-state index contributed by atoms with van der Waals surface area (Å²) in [6.07, 6.45) is 0.501. The Hall–Kier alpha value is -5.21. The highest BCUT2D eigenvalue weighted by Crippen LogP contribution is 2.35. The number of non-ortho nitro benzene ring substituents is 1. The van der Waals surface area contributed by atoms with E-state index in [1.807, 2.05) is 48.7 Å². The summed E-state index contributed by atoms with van der Waals surface area (Å²) >= 11 is 2.73. The first-order valence-corrected chi connectivity index (χ1v) is 16.0. The standard InChI is InChI=1S/C32H26FN7O4S2/c1-20-4-2-5-25(16-20)38-29(18-34-31(42)22-9-13-24(14-10-22)40(43)44)35-36-32(38)46-19-30(41)39-27(21-7-11-23(33)12-8-21)17-26(37-39)28-6-3-15-45-28/h2-16,27H,17-19H2,1H3,(H,34,42). The van der Waals surface area contributed by atoms with E-state index < -0.39 is 10.8 Å². The molecule has 11 nitrogen and oxygen atoms in total. The number of amides is 2. The average molecular weight is 656 g/mol. The number of nitro groups is 1. The molecule has 6 rings (SSSR count). The van der Waals surface area contributed by atoms with Gasteiger partial charge in [0.25, 0.3) is 17.5 Å². The highest BCUT2D eigenvalue weighted by molar-refractivity contribution is 7.99. The molecule has 3 aromatic carbocycles. The summed E-state index contributed by atoms with van der Waals surface area (Å²) in [5.41, 5.74) is 3.46. The van der Waals surface area contributed by atoms with Gasteiger partial charge in [0, 0.05) is 29.8 Å². The third-order valence-corrected chi connectivity index (χ3v) is 9.09. The Bertz CT molecular complexity index is 1930. The molecule has 0 saturated carbocycles. The molecule has 0 fully saturated rings. The van der Waals surface area contributed by atoms with E-state index in [0.29, 0.717) is 17.4 Å². The molecule has 46 heavy (non-hydrogen) atoms. The van der Waals surface area contributed by atoms with E-state index in [1.165, 1.54) is 53.2 Å². The summed E-state index contributed by atoms with van der Waals surface area (Å²) in [6.45, 7) is 1.96. The van der Waals surface area contributed by atoms with Crippen LogP contribution < -0.4 is 5.32 Å². The van der Waals surface area contributed by atoms with E-state index in [2.05, 4.69) is 20.6 Å². The van der Waals surface area contributed by atoms with Crippen molar-refractivity contribution in [2.45, 2.75) is 31.1 Å².